The molecule has 3 heterocycles. The first-order chi connectivity index (χ1) is 16.6. The number of para-hydroxylation sites is 1. The first kappa shape index (κ1) is 22.0. The molecule has 2 aromatic carbocycles. The molecule has 0 fully saturated rings. The Morgan fingerprint density at radius 1 is 1.18 bits per heavy atom. The lowest BCUT2D eigenvalue weighted by Gasteiger charge is -2.29. The minimum absolute atomic E-state index is 0.0457. The number of aryl methyl sites for hydroxylation is 1. The summed E-state index contributed by atoms with van der Waals surface area (Å²) in [6.07, 6.45) is 0.710. The monoisotopic (exact) mass is 460 g/mol. The van der Waals surface area contributed by atoms with Gasteiger partial charge in [-0.3, -0.25) is 14.3 Å². The molecule has 1 N–H and O–H groups in total. The summed E-state index contributed by atoms with van der Waals surface area (Å²) in [5, 5.41) is 7.56. The molecular formula is C26H28N4O4. The molecule has 1 aromatic heterocycles. The van der Waals surface area contributed by atoms with Crippen LogP contribution in [-0.4, -0.2) is 46.3 Å². The van der Waals surface area contributed by atoms with Crippen LogP contribution >= 0.6 is 0 Å². The van der Waals surface area contributed by atoms with E-state index in [0.717, 1.165) is 33.9 Å². The molecular weight excluding hydrogens is 432 g/mol. The van der Waals surface area contributed by atoms with Gasteiger partial charge in [0.05, 0.1) is 7.11 Å². The molecule has 34 heavy (non-hydrogen) atoms. The Kier molecular flexibility index (Phi) is 5.96. The third-order valence-corrected chi connectivity index (χ3v) is 6.49. The van der Waals surface area contributed by atoms with Gasteiger partial charge in [-0.15, -0.1) is 0 Å². The maximum atomic E-state index is 13.3. The Hall–Kier alpha value is -3.81. The average molecular weight is 461 g/mol. The Balaban J connectivity index is 1.30. The number of carbonyl (C=O) groups excluding carboxylic acids is 2. The second-order valence-electron chi connectivity index (χ2n) is 8.55. The summed E-state index contributed by atoms with van der Waals surface area (Å²) >= 11 is 0. The van der Waals surface area contributed by atoms with Gasteiger partial charge in [0, 0.05) is 50.3 Å². The van der Waals surface area contributed by atoms with Crippen molar-refractivity contribution in [3.05, 3.63) is 76.6 Å². The normalized spacial score (nSPS) is 16.4. The Labute approximate surface area is 198 Å². The van der Waals surface area contributed by atoms with Crippen molar-refractivity contribution in [1.82, 2.24) is 20.0 Å². The van der Waals surface area contributed by atoms with Gasteiger partial charge in [-0.2, -0.15) is 5.10 Å². The summed E-state index contributed by atoms with van der Waals surface area (Å²) in [5.41, 5.74) is 4.25. The molecule has 2 aliphatic rings. The van der Waals surface area contributed by atoms with E-state index in [2.05, 4.69) is 10.4 Å². The van der Waals surface area contributed by atoms with E-state index < -0.39 is 6.10 Å². The van der Waals surface area contributed by atoms with E-state index in [1.165, 1.54) is 0 Å². The van der Waals surface area contributed by atoms with Crippen molar-refractivity contribution in [3.63, 3.8) is 0 Å². The number of nitrogens with zero attached hydrogens (tertiary/aromatic N) is 3. The van der Waals surface area contributed by atoms with Crippen molar-refractivity contribution in [3.8, 4) is 11.5 Å². The zero-order valence-corrected chi connectivity index (χ0v) is 19.4. The van der Waals surface area contributed by atoms with E-state index in [1.807, 2.05) is 60.1 Å². The molecule has 0 aliphatic carbocycles. The van der Waals surface area contributed by atoms with Crippen LogP contribution < -0.4 is 14.8 Å². The van der Waals surface area contributed by atoms with E-state index >= 15 is 0 Å². The highest BCUT2D eigenvalue weighted by Gasteiger charge is 2.36. The van der Waals surface area contributed by atoms with Crippen LogP contribution in [0.4, 0.5) is 0 Å². The quantitative estimate of drug-likeness (QED) is 0.611. The zero-order valence-electron chi connectivity index (χ0n) is 19.4. The molecule has 0 spiro atoms. The smallest absolute Gasteiger partial charge is 0.272 e. The third-order valence-electron chi connectivity index (χ3n) is 6.49. The van der Waals surface area contributed by atoms with Gasteiger partial charge >= 0.3 is 0 Å². The van der Waals surface area contributed by atoms with E-state index in [-0.39, 0.29) is 11.8 Å². The van der Waals surface area contributed by atoms with Crippen LogP contribution in [0.25, 0.3) is 0 Å². The van der Waals surface area contributed by atoms with Gasteiger partial charge in [0.15, 0.2) is 11.8 Å². The average Bonchev–Trinajstić information content (AvgIpc) is 3.48. The van der Waals surface area contributed by atoms with Crippen molar-refractivity contribution >= 4 is 11.8 Å². The number of nitrogens with one attached hydrogen (secondary N) is 1. The number of amides is 2. The Morgan fingerprint density at radius 2 is 1.97 bits per heavy atom. The van der Waals surface area contributed by atoms with E-state index in [1.54, 1.807) is 12.0 Å². The van der Waals surface area contributed by atoms with Crippen LogP contribution in [0, 0.1) is 0 Å². The SMILES string of the molecule is CCn1nc(C(=O)NCc2ccc(OC)cc2)c2c1CCN(C(=O)[C@H]1Cc3ccccc3O1)C2. The highest BCUT2D eigenvalue weighted by Crippen LogP contribution is 2.30. The number of rotatable bonds is 6. The molecule has 2 aliphatic heterocycles. The van der Waals surface area contributed by atoms with Gasteiger partial charge in [-0.1, -0.05) is 30.3 Å². The van der Waals surface area contributed by atoms with Gasteiger partial charge < -0.3 is 19.7 Å². The van der Waals surface area contributed by atoms with Crippen molar-refractivity contribution < 1.29 is 19.1 Å². The first-order valence-electron chi connectivity index (χ1n) is 11.6. The minimum Gasteiger partial charge on any atom is -0.497 e. The predicted molar refractivity (Wildman–Crippen MR) is 126 cm³/mol. The number of ether oxygens (including phenoxy) is 2. The van der Waals surface area contributed by atoms with Crippen LogP contribution in [0.5, 0.6) is 11.5 Å². The fourth-order valence-electron chi connectivity index (χ4n) is 4.66. The minimum atomic E-state index is -0.521. The van der Waals surface area contributed by atoms with Gasteiger partial charge in [-0.05, 0) is 36.2 Å². The van der Waals surface area contributed by atoms with Crippen LogP contribution in [0.2, 0.25) is 0 Å². The highest BCUT2D eigenvalue weighted by atomic mass is 16.5. The topological polar surface area (TPSA) is 85.7 Å². The molecule has 8 heteroatoms. The summed E-state index contributed by atoms with van der Waals surface area (Å²) in [7, 11) is 1.62. The molecule has 176 valence electrons. The standard InChI is InChI=1S/C26H28N4O4/c1-3-30-21-12-13-29(26(32)23-14-18-6-4-5-7-22(18)34-23)16-20(21)24(28-30)25(31)27-15-17-8-10-19(33-2)11-9-17/h4-11,23H,3,12-16H2,1-2H3,(H,27,31)/t23-/m1/s1. The summed E-state index contributed by atoms with van der Waals surface area (Å²) in [6, 6.07) is 15.3. The largest absolute Gasteiger partial charge is 0.497 e. The van der Waals surface area contributed by atoms with Crippen LogP contribution in [0.3, 0.4) is 0 Å². The number of fused-ring (bicyclic) bond motifs is 2. The molecule has 0 saturated carbocycles. The first-order valence-corrected chi connectivity index (χ1v) is 11.6. The van der Waals surface area contributed by atoms with Crippen molar-refractivity contribution in [2.75, 3.05) is 13.7 Å². The fourth-order valence-corrected chi connectivity index (χ4v) is 4.66. The maximum absolute atomic E-state index is 13.3. The second-order valence-corrected chi connectivity index (χ2v) is 8.55. The number of hydrogen-bond donors (Lipinski definition) is 1. The molecule has 0 saturated heterocycles. The molecule has 0 unspecified atom stereocenters. The van der Waals surface area contributed by atoms with Gasteiger partial charge in [0.2, 0.25) is 0 Å². The van der Waals surface area contributed by atoms with Crippen LogP contribution in [0.15, 0.2) is 48.5 Å². The van der Waals surface area contributed by atoms with E-state index in [4.69, 9.17) is 9.47 Å². The summed E-state index contributed by atoms with van der Waals surface area (Å²) in [4.78, 5) is 28.1. The van der Waals surface area contributed by atoms with Gasteiger partial charge in [0.25, 0.3) is 11.8 Å². The zero-order chi connectivity index (χ0) is 23.7. The Bertz CT molecular complexity index is 1190. The molecule has 5 rings (SSSR count). The number of methoxy groups -OCH3 is 1. The van der Waals surface area contributed by atoms with Crippen molar-refractivity contribution in [1.29, 1.82) is 0 Å². The lowest BCUT2D eigenvalue weighted by Crippen LogP contribution is -2.44. The van der Waals surface area contributed by atoms with E-state index in [9.17, 15) is 9.59 Å². The number of hydrogen-bond acceptors (Lipinski definition) is 5. The maximum Gasteiger partial charge on any atom is 0.272 e. The summed E-state index contributed by atoms with van der Waals surface area (Å²) in [6.45, 7) is 4.00. The van der Waals surface area contributed by atoms with Gasteiger partial charge in [-0.25, -0.2) is 0 Å². The lowest BCUT2D eigenvalue weighted by molar-refractivity contribution is -0.138. The van der Waals surface area contributed by atoms with Crippen molar-refractivity contribution in [2.45, 2.75) is 45.5 Å². The lowest BCUT2D eigenvalue weighted by atomic mass is 10.0. The molecule has 0 radical (unpaired) electrons. The third kappa shape index (κ3) is 4.11. The number of benzene rings is 2. The van der Waals surface area contributed by atoms with E-state index in [0.29, 0.717) is 44.7 Å². The Morgan fingerprint density at radius 3 is 2.71 bits per heavy atom. The molecule has 2 amide bonds. The molecule has 0 bridgehead atoms. The molecule has 3 aromatic rings. The van der Waals surface area contributed by atoms with Crippen LogP contribution in [0.1, 0.15) is 39.8 Å². The van der Waals surface area contributed by atoms with Gasteiger partial charge in [0.1, 0.15) is 11.5 Å². The highest BCUT2D eigenvalue weighted by molar-refractivity contribution is 5.94. The van der Waals surface area contributed by atoms with Crippen molar-refractivity contribution in [2.24, 2.45) is 0 Å². The molecule has 8 nitrogen and oxygen atoms in total. The predicted octanol–water partition coefficient (Wildman–Crippen LogP) is 2.73. The summed E-state index contributed by atoms with van der Waals surface area (Å²) in [5.74, 6) is 1.26. The molecule has 1 atom stereocenters. The van der Waals surface area contributed by atoms with Crippen LogP contribution in [-0.2, 0) is 37.3 Å². The summed E-state index contributed by atoms with van der Waals surface area (Å²) < 4.78 is 13.0. The number of aromatic nitrogens is 2. The fraction of sp³-hybridized carbons (Fsp3) is 0.346. The second kappa shape index (κ2) is 9.21. The number of carbonyl (C=O) groups is 2.